The molecule has 0 saturated carbocycles. The van der Waals surface area contributed by atoms with Crippen molar-refractivity contribution in [3.8, 4) is 6.07 Å². The topological polar surface area (TPSA) is 40.9 Å². The van der Waals surface area contributed by atoms with Crippen molar-refractivity contribution in [3.05, 3.63) is 33.8 Å². The Morgan fingerprint density at radius 2 is 2.19 bits per heavy atom. The predicted octanol–water partition coefficient (Wildman–Crippen LogP) is 3.52. The normalized spacial score (nSPS) is 13.9. The van der Waals surface area contributed by atoms with Gasteiger partial charge in [-0.25, -0.2) is 0 Å². The Hall–Kier alpha value is -1.14. The van der Waals surface area contributed by atoms with Gasteiger partial charge in [-0.05, 0) is 44.0 Å². The summed E-state index contributed by atoms with van der Waals surface area (Å²) in [6, 6.07) is 8.02. The van der Waals surface area contributed by atoms with E-state index in [-0.39, 0.29) is 12.2 Å². The van der Waals surface area contributed by atoms with E-state index in [1.807, 2.05) is 32.0 Å². The molecule has 0 radical (unpaired) electrons. The Morgan fingerprint density at radius 1 is 1.56 bits per heavy atom. The summed E-state index contributed by atoms with van der Waals surface area (Å²) in [5, 5.41) is 9.27. The average molecular weight is 280 g/mol. The Labute approximate surface area is 104 Å². The fraction of sp³-hybridized carbons (Fsp3) is 0.385. The number of rotatable bonds is 3. The molecule has 0 amide bonds. The third-order valence-corrected chi connectivity index (χ3v) is 3.13. The molecule has 0 aromatic heterocycles. The van der Waals surface area contributed by atoms with E-state index in [1.165, 1.54) is 6.92 Å². The second-order valence-electron chi connectivity index (χ2n) is 4.28. The van der Waals surface area contributed by atoms with Crippen molar-refractivity contribution in [3.63, 3.8) is 0 Å². The molecule has 0 aliphatic rings. The van der Waals surface area contributed by atoms with Crippen molar-refractivity contribution < 1.29 is 4.79 Å². The molecule has 3 heteroatoms. The minimum absolute atomic E-state index is 0.0337. The van der Waals surface area contributed by atoms with Crippen LogP contribution in [-0.2, 0) is 10.2 Å². The van der Waals surface area contributed by atoms with Crippen molar-refractivity contribution in [1.29, 1.82) is 5.26 Å². The van der Waals surface area contributed by atoms with Crippen LogP contribution in [0.2, 0.25) is 0 Å². The molecule has 0 spiro atoms. The van der Waals surface area contributed by atoms with Crippen molar-refractivity contribution in [2.45, 2.75) is 32.6 Å². The van der Waals surface area contributed by atoms with E-state index in [0.717, 1.165) is 15.6 Å². The van der Waals surface area contributed by atoms with Crippen LogP contribution in [0.25, 0.3) is 0 Å². The zero-order valence-corrected chi connectivity index (χ0v) is 11.3. The quantitative estimate of drug-likeness (QED) is 0.850. The number of carbonyl (C=O) groups is 1. The second kappa shape index (κ2) is 4.80. The maximum absolute atomic E-state index is 11.2. The first-order chi connectivity index (χ1) is 7.39. The lowest BCUT2D eigenvalue weighted by atomic mass is 9.78. The number of hydrogen-bond acceptors (Lipinski definition) is 2. The van der Waals surface area contributed by atoms with E-state index < -0.39 is 5.41 Å². The molecule has 0 bridgehead atoms. The van der Waals surface area contributed by atoms with Gasteiger partial charge in [-0.3, -0.25) is 4.79 Å². The minimum atomic E-state index is -0.726. The van der Waals surface area contributed by atoms with Crippen LogP contribution in [0.4, 0.5) is 0 Å². The zero-order chi connectivity index (χ0) is 12.3. The van der Waals surface area contributed by atoms with Crippen LogP contribution >= 0.6 is 15.9 Å². The van der Waals surface area contributed by atoms with E-state index in [4.69, 9.17) is 0 Å². The van der Waals surface area contributed by atoms with E-state index in [1.54, 1.807) is 0 Å². The first kappa shape index (κ1) is 12.9. The highest BCUT2D eigenvalue weighted by atomic mass is 79.9. The molecule has 0 saturated heterocycles. The molecule has 2 nitrogen and oxygen atoms in total. The van der Waals surface area contributed by atoms with Crippen molar-refractivity contribution >= 4 is 21.7 Å². The largest absolute Gasteiger partial charge is 0.300 e. The van der Waals surface area contributed by atoms with Gasteiger partial charge in [-0.15, -0.1) is 0 Å². The molecular weight excluding hydrogens is 266 g/mol. The van der Waals surface area contributed by atoms with Crippen LogP contribution in [0.1, 0.15) is 31.4 Å². The predicted molar refractivity (Wildman–Crippen MR) is 67.1 cm³/mol. The number of Topliss-reactive ketones (excluding diaryl/α,β-unsaturated/α-hetero) is 1. The number of carbonyl (C=O) groups excluding carboxylic acids is 1. The SMILES string of the molecule is CC(=O)CC(C)(C#N)c1ccc(Br)cc1C. The van der Waals surface area contributed by atoms with Crippen LogP contribution in [0, 0.1) is 18.3 Å². The Morgan fingerprint density at radius 3 is 2.62 bits per heavy atom. The number of benzene rings is 1. The van der Waals surface area contributed by atoms with Crippen molar-refractivity contribution in [2.75, 3.05) is 0 Å². The molecule has 0 heterocycles. The van der Waals surface area contributed by atoms with Crippen LogP contribution in [0.3, 0.4) is 0 Å². The third kappa shape index (κ3) is 2.70. The number of nitriles is 1. The van der Waals surface area contributed by atoms with Crippen LogP contribution in [-0.4, -0.2) is 5.78 Å². The Bertz CT molecular complexity index is 461. The average Bonchev–Trinajstić information content (AvgIpc) is 2.16. The van der Waals surface area contributed by atoms with Gasteiger partial charge in [0, 0.05) is 10.9 Å². The number of halogens is 1. The molecule has 1 unspecified atom stereocenters. The zero-order valence-electron chi connectivity index (χ0n) is 9.67. The number of aryl methyl sites for hydroxylation is 1. The van der Waals surface area contributed by atoms with Gasteiger partial charge in [0.15, 0.2) is 0 Å². The van der Waals surface area contributed by atoms with Gasteiger partial charge in [0.05, 0.1) is 11.5 Å². The molecule has 84 valence electrons. The van der Waals surface area contributed by atoms with E-state index in [0.29, 0.717) is 0 Å². The summed E-state index contributed by atoms with van der Waals surface area (Å²) in [4.78, 5) is 11.2. The van der Waals surface area contributed by atoms with Gasteiger partial charge in [0.1, 0.15) is 5.78 Å². The highest BCUT2D eigenvalue weighted by Gasteiger charge is 2.29. The lowest BCUT2D eigenvalue weighted by Crippen LogP contribution is -2.23. The molecule has 0 fully saturated rings. The smallest absolute Gasteiger partial charge is 0.131 e. The molecule has 1 atom stereocenters. The van der Waals surface area contributed by atoms with Gasteiger partial charge < -0.3 is 0 Å². The first-order valence-corrected chi connectivity index (χ1v) is 5.85. The maximum atomic E-state index is 11.2. The van der Waals surface area contributed by atoms with E-state index in [2.05, 4.69) is 22.0 Å². The molecule has 0 aliphatic carbocycles. The van der Waals surface area contributed by atoms with Gasteiger partial charge in [-0.2, -0.15) is 5.26 Å². The highest BCUT2D eigenvalue weighted by Crippen LogP contribution is 2.31. The minimum Gasteiger partial charge on any atom is -0.300 e. The molecule has 0 aliphatic heterocycles. The Balaban J connectivity index is 3.24. The highest BCUT2D eigenvalue weighted by molar-refractivity contribution is 9.10. The number of ketones is 1. The van der Waals surface area contributed by atoms with Gasteiger partial charge in [0.2, 0.25) is 0 Å². The summed E-state index contributed by atoms with van der Waals surface area (Å²) in [5.41, 5.74) is 1.23. The van der Waals surface area contributed by atoms with Crippen molar-refractivity contribution in [1.82, 2.24) is 0 Å². The van der Waals surface area contributed by atoms with E-state index >= 15 is 0 Å². The third-order valence-electron chi connectivity index (χ3n) is 2.63. The molecule has 1 aromatic carbocycles. The first-order valence-electron chi connectivity index (χ1n) is 5.06. The lowest BCUT2D eigenvalue weighted by molar-refractivity contribution is -0.117. The van der Waals surface area contributed by atoms with Crippen molar-refractivity contribution in [2.24, 2.45) is 0 Å². The second-order valence-corrected chi connectivity index (χ2v) is 5.20. The summed E-state index contributed by atoms with van der Waals surface area (Å²) in [6.45, 7) is 5.28. The number of nitrogens with zero attached hydrogens (tertiary/aromatic N) is 1. The summed E-state index contributed by atoms with van der Waals surface area (Å²) in [5.74, 6) is 0.0337. The number of hydrogen-bond donors (Lipinski definition) is 0. The summed E-state index contributed by atoms with van der Waals surface area (Å²) < 4.78 is 0.983. The van der Waals surface area contributed by atoms with E-state index in [9.17, 15) is 10.1 Å². The molecule has 16 heavy (non-hydrogen) atoms. The molecular formula is C13H14BrNO. The van der Waals surface area contributed by atoms with Gasteiger partial charge >= 0.3 is 0 Å². The molecule has 1 aromatic rings. The Kier molecular flexibility index (Phi) is 3.88. The summed E-state index contributed by atoms with van der Waals surface area (Å²) in [7, 11) is 0. The standard InChI is InChI=1S/C13H14BrNO/c1-9-6-11(14)4-5-12(9)13(3,8-15)7-10(2)16/h4-6H,7H2,1-3H3. The summed E-state index contributed by atoms with van der Waals surface area (Å²) >= 11 is 3.39. The summed E-state index contributed by atoms with van der Waals surface area (Å²) in [6.07, 6.45) is 0.256. The molecule has 1 rings (SSSR count). The fourth-order valence-corrected chi connectivity index (χ4v) is 2.41. The molecule has 0 N–H and O–H groups in total. The monoisotopic (exact) mass is 279 g/mol. The van der Waals surface area contributed by atoms with Gasteiger partial charge in [-0.1, -0.05) is 22.0 Å². The van der Waals surface area contributed by atoms with Gasteiger partial charge in [0.25, 0.3) is 0 Å². The fourth-order valence-electron chi connectivity index (χ4n) is 1.94. The van der Waals surface area contributed by atoms with Crippen LogP contribution < -0.4 is 0 Å². The van der Waals surface area contributed by atoms with Crippen LogP contribution in [0.5, 0.6) is 0 Å². The van der Waals surface area contributed by atoms with Crippen LogP contribution in [0.15, 0.2) is 22.7 Å². The maximum Gasteiger partial charge on any atom is 0.131 e. The lowest BCUT2D eigenvalue weighted by Gasteiger charge is -2.22.